The Hall–Kier alpha value is -0.570. The number of hydrogen-bond acceptors (Lipinski definition) is 2. The lowest BCUT2D eigenvalue weighted by Crippen LogP contribution is -2.41. The van der Waals surface area contributed by atoms with Crippen LogP contribution in [0.4, 0.5) is 0 Å². The van der Waals surface area contributed by atoms with Crippen molar-refractivity contribution in [2.24, 2.45) is 17.1 Å². The van der Waals surface area contributed by atoms with E-state index >= 15 is 0 Å². The molecular formula is C14H25NO2. The molecule has 98 valence electrons. The van der Waals surface area contributed by atoms with Crippen LogP contribution in [0, 0.1) is 11.3 Å². The number of rotatable bonds is 3. The fraction of sp³-hybridized carbons (Fsp3) is 0.929. The molecule has 2 rings (SSSR count). The fourth-order valence-corrected chi connectivity index (χ4v) is 3.64. The Morgan fingerprint density at radius 1 is 1.12 bits per heavy atom. The average Bonchev–Trinajstić information content (AvgIpc) is 2.33. The van der Waals surface area contributed by atoms with Crippen LogP contribution in [0.1, 0.15) is 64.2 Å². The van der Waals surface area contributed by atoms with Gasteiger partial charge in [-0.1, -0.05) is 32.1 Å². The molecule has 0 aromatic carbocycles. The molecule has 0 heterocycles. The summed E-state index contributed by atoms with van der Waals surface area (Å²) in [4.78, 5) is 11.6. The summed E-state index contributed by atoms with van der Waals surface area (Å²) >= 11 is 0. The van der Waals surface area contributed by atoms with Gasteiger partial charge in [-0.05, 0) is 38.0 Å². The molecule has 0 aromatic heterocycles. The van der Waals surface area contributed by atoms with Gasteiger partial charge < -0.3 is 10.8 Å². The monoisotopic (exact) mass is 239 g/mol. The van der Waals surface area contributed by atoms with E-state index in [0.29, 0.717) is 5.92 Å². The molecule has 0 bridgehead atoms. The minimum atomic E-state index is -0.574. The van der Waals surface area contributed by atoms with Gasteiger partial charge in [0.15, 0.2) is 0 Å². The summed E-state index contributed by atoms with van der Waals surface area (Å²) in [5, 5.41) is 9.56. The Morgan fingerprint density at radius 2 is 1.71 bits per heavy atom. The van der Waals surface area contributed by atoms with Crippen LogP contribution in [-0.2, 0) is 4.79 Å². The number of carboxylic acids is 1. The second-order valence-electron chi connectivity index (χ2n) is 6.13. The van der Waals surface area contributed by atoms with E-state index in [0.717, 1.165) is 32.1 Å². The first kappa shape index (κ1) is 12.9. The summed E-state index contributed by atoms with van der Waals surface area (Å²) in [7, 11) is 0. The zero-order valence-electron chi connectivity index (χ0n) is 10.7. The molecule has 0 atom stereocenters. The Morgan fingerprint density at radius 3 is 2.24 bits per heavy atom. The van der Waals surface area contributed by atoms with E-state index in [1.54, 1.807) is 0 Å². The quantitative estimate of drug-likeness (QED) is 0.796. The van der Waals surface area contributed by atoms with Gasteiger partial charge in [0.05, 0.1) is 5.41 Å². The van der Waals surface area contributed by atoms with Gasteiger partial charge >= 0.3 is 5.97 Å². The van der Waals surface area contributed by atoms with Crippen LogP contribution in [0.25, 0.3) is 0 Å². The second-order valence-corrected chi connectivity index (χ2v) is 6.13. The fourth-order valence-electron chi connectivity index (χ4n) is 3.64. The number of nitrogens with two attached hydrogens (primary N) is 1. The van der Waals surface area contributed by atoms with Crippen molar-refractivity contribution in [3.05, 3.63) is 0 Å². The summed E-state index contributed by atoms with van der Waals surface area (Å²) in [5.41, 5.74) is 5.45. The summed E-state index contributed by atoms with van der Waals surface area (Å²) in [5.74, 6) is 0.0733. The standard InChI is InChI=1S/C14H25NO2/c15-12-6-8-14(9-7-12,13(16)17)10-11-4-2-1-3-5-11/h11-12H,1-10,15H2,(H,16,17). The van der Waals surface area contributed by atoms with Gasteiger partial charge in [0.1, 0.15) is 0 Å². The second kappa shape index (κ2) is 5.38. The average molecular weight is 239 g/mol. The third-order valence-electron chi connectivity index (χ3n) is 4.85. The van der Waals surface area contributed by atoms with Gasteiger partial charge in [0.2, 0.25) is 0 Å². The molecule has 0 aliphatic heterocycles. The van der Waals surface area contributed by atoms with Crippen LogP contribution < -0.4 is 5.73 Å². The molecule has 3 N–H and O–H groups in total. The lowest BCUT2D eigenvalue weighted by molar-refractivity contribution is -0.152. The first-order valence-corrected chi connectivity index (χ1v) is 7.11. The van der Waals surface area contributed by atoms with Crippen molar-refractivity contribution in [3.63, 3.8) is 0 Å². The largest absolute Gasteiger partial charge is 0.481 e. The molecule has 0 amide bonds. The van der Waals surface area contributed by atoms with Gasteiger partial charge in [0, 0.05) is 6.04 Å². The predicted octanol–water partition coefficient (Wildman–Crippen LogP) is 2.93. The van der Waals surface area contributed by atoms with Gasteiger partial charge in [0.25, 0.3) is 0 Å². The van der Waals surface area contributed by atoms with E-state index in [9.17, 15) is 9.90 Å². The van der Waals surface area contributed by atoms with Gasteiger partial charge in [-0.3, -0.25) is 4.79 Å². The Bertz CT molecular complexity index is 263. The van der Waals surface area contributed by atoms with Crippen LogP contribution in [0.15, 0.2) is 0 Å². The third-order valence-corrected chi connectivity index (χ3v) is 4.85. The van der Waals surface area contributed by atoms with Crippen molar-refractivity contribution < 1.29 is 9.90 Å². The van der Waals surface area contributed by atoms with Crippen molar-refractivity contribution in [1.29, 1.82) is 0 Å². The molecular weight excluding hydrogens is 214 g/mol. The topological polar surface area (TPSA) is 63.3 Å². The number of hydrogen-bond donors (Lipinski definition) is 2. The highest BCUT2D eigenvalue weighted by atomic mass is 16.4. The molecule has 2 saturated carbocycles. The molecule has 0 spiro atoms. The van der Waals surface area contributed by atoms with E-state index in [1.165, 1.54) is 32.1 Å². The van der Waals surface area contributed by atoms with Crippen molar-refractivity contribution in [3.8, 4) is 0 Å². The highest BCUT2D eigenvalue weighted by Crippen LogP contribution is 2.44. The summed E-state index contributed by atoms with van der Waals surface area (Å²) in [6.07, 6.45) is 10.6. The maximum Gasteiger partial charge on any atom is 0.309 e. The maximum atomic E-state index is 11.6. The van der Waals surface area contributed by atoms with E-state index in [1.807, 2.05) is 0 Å². The van der Waals surface area contributed by atoms with Gasteiger partial charge in [-0.25, -0.2) is 0 Å². The van der Waals surface area contributed by atoms with E-state index in [2.05, 4.69) is 0 Å². The molecule has 3 heteroatoms. The van der Waals surface area contributed by atoms with Crippen molar-refractivity contribution in [2.75, 3.05) is 0 Å². The zero-order chi connectivity index (χ0) is 12.3. The molecule has 0 unspecified atom stereocenters. The lowest BCUT2D eigenvalue weighted by Gasteiger charge is -2.39. The van der Waals surface area contributed by atoms with E-state index in [4.69, 9.17) is 5.73 Å². The van der Waals surface area contributed by atoms with Crippen LogP contribution in [0.5, 0.6) is 0 Å². The van der Waals surface area contributed by atoms with Crippen molar-refractivity contribution >= 4 is 5.97 Å². The molecule has 0 saturated heterocycles. The third kappa shape index (κ3) is 3.01. The van der Waals surface area contributed by atoms with Crippen LogP contribution >= 0.6 is 0 Å². The normalized spacial score (nSPS) is 35.7. The number of carbonyl (C=O) groups is 1. The van der Waals surface area contributed by atoms with Crippen LogP contribution in [0.2, 0.25) is 0 Å². The zero-order valence-corrected chi connectivity index (χ0v) is 10.7. The molecule has 0 aromatic rings. The molecule has 0 radical (unpaired) electrons. The SMILES string of the molecule is NC1CCC(CC2CCCCC2)(C(=O)O)CC1. The molecule has 17 heavy (non-hydrogen) atoms. The first-order chi connectivity index (χ1) is 8.12. The summed E-state index contributed by atoms with van der Waals surface area (Å²) in [6, 6.07) is 0.230. The Labute approximate surface area is 104 Å². The lowest BCUT2D eigenvalue weighted by atomic mass is 9.66. The molecule has 2 aliphatic carbocycles. The predicted molar refractivity (Wildman–Crippen MR) is 67.7 cm³/mol. The minimum Gasteiger partial charge on any atom is -0.481 e. The highest BCUT2D eigenvalue weighted by molar-refractivity contribution is 5.74. The number of aliphatic carboxylic acids is 1. The van der Waals surface area contributed by atoms with E-state index in [-0.39, 0.29) is 6.04 Å². The highest BCUT2D eigenvalue weighted by Gasteiger charge is 2.42. The molecule has 2 aliphatic rings. The first-order valence-electron chi connectivity index (χ1n) is 7.11. The van der Waals surface area contributed by atoms with Crippen LogP contribution in [0.3, 0.4) is 0 Å². The Balaban J connectivity index is 1.98. The van der Waals surface area contributed by atoms with E-state index < -0.39 is 11.4 Å². The van der Waals surface area contributed by atoms with Gasteiger partial charge in [-0.2, -0.15) is 0 Å². The summed E-state index contributed by atoms with van der Waals surface area (Å²) < 4.78 is 0. The minimum absolute atomic E-state index is 0.230. The van der Waals surface area contributed by atoms with Crippen molar-refractivity contribution in [1.82, 2.24) is 0 Å². The smallest absolute Gasteiger partial charge is 0.309 e. The van der Waals surface area contributed by atoms with Crippen molar-refractivity contribution in [2.45, 2.75) is 70.3 Å². The molecule has 3 nitrogen and oxygen atoms in total. The molecule has 2 fully saturated rings. The number of carboxylic acid groups (broad SMARTS) is 1. The van der Waals surface area contributed by atoms with Gasteiger partial charge in [-0.15, -0.1) is 0 Å². The Kier molecular flexibility index (Phi) is 4.08. The maximum absolute atomic E-state index is 11.6. The van der Waals surface area contributed by atoms with Crippen LogP contribution in [-0.4, -0.2) is 17.1 Å². The summed E-state index contributed by atoms with van der Waals surface area (Å²) in [6.45, 7) is 0.